The fraction of sp³-hybridized carbons (Fsp3) is 0.600. The second-order valence-electron chi connectivity index (χ2n) is 7.10. The number of benzene rings is 1. The van der Waals surface area contributed by atoms with E-state index in [0.29, 0.717) is 31.4 Å². The summed E-state index contributed by atoms with van der Waals surface area (Å²) < 4.78 is 29.1. The molecule has 0 saturated carbocycles. The molecule has 0 N–H and O–H groups in total. The molecule has 8 heteroatoms. The predicted molar refractivity (Wildman–Crippen MR) is 110 cm³/mol. The number of amides is 1. The van der Waals surface area contributed by atoms with Crippen LogP contribution in [0.4, 0.5) is 0 Å². The predicted octanol–water partition coefficient (Wildman–Crippen LogP) is 2.64. The molecule has 3 rings (SSSR count). The average molecular weight is 407 g/mol. The first-order valence-corrected chi connectivity index (χ1v) is 11.6. The number of nitrogens with zero attached hydrogens (tertiary/aromatic N) is 4. The van der Waals surface area contributed by atoms with Crippen molar-refractivity contribution in [1.29, 1.82) is 0 Å². The second kappa shape index (κ2) is 8.61. The van der Waals surface area contributed by atoms with Gasteiger partial charge in [-0.3, -0.25) is 4.79 Å². The Balaban J connectivity index is 1.87. The first-order valence-electron chi connectivity index (χ1n) is 10.2. The molecule has 1 aliphatic heterocycles. The van der Waals surface area contributed by atoms with Crippen LogP contribution in [-0.4, -0.2) is 59.3 Å². The number of carbonyl (C=O) groups is 1. The van der Waals surface area contributed by atoms with Crippen LogP contribution in [0.2, 0.25) is 0 Å². The number of likely N-dealkylation sites (tertiary alicyclic amines) is 1. The highest BCUT2D eigenvalue weighted by Crippen LogP contribution is 2.24. The molecule has 0 spiro atoms. The van der Waals surface area contributed by atoms with Gasteiger partial charge in [-0.15, -0.1) is 0 Å². The zero-order valence-electron chi connectivity index (χ0n) is 17.0. The number of hydrogen-bond acceptors (Lipinski definition) is 4. The molecule has 0 radical (unpaired) electrons. The van der Waals surface area contributed by atoms with Gasteiger partial charge in [-0.2, -0.15) is 4.31 Å². The number of aromatic nitrogens is 2. The lowest BCUT2D eigenvalue weighted by atomic mass is 10.2. The third-order valence-corrected chi connectivity index (χ3v) is 7.53. The summed E-state index contributed by atoms with van der Waals surface area (Å²) in [5.74, 6) is 1.01. The van der Waals surface area contributed by atoms with Crippen LogP contribution in [0.1, 0.15) is 45.9 Å². The lowest BCUT2D eigenvalue weighted by molar-refractivity contribution is -0.130. The van der Waals surface area contributed by atoms with E-state index in [9.17, 15) is 13.2 Å². The monoisotopic (exact) mass is 406 g/mol. The highest BCUT2D eigenvalue weighted by atomic mass is 32.2. The first kappa shape index (κ1) is 20.8. The van der Waals surface area contributed by atoms with E-state index in [2.05, 4.69) is 9.55 Å². The summed E-state index contributed by atoms with van der Waals surface area (Å²) in [5, 5.41) is 0. The molecule has 0 unspecified atom stereocenters. The van der Waals surface area contributed by atoms with Crippen molar-refractivity contribution in [2.45, 2.75) is 57.9 Å². The van der Waals surface area contributed by atoms with Crippen LogP contribution in [0.3, 0.4) is 0 Å². The van der Waals surface area contributed by atoms with Gasteiger partial charge in [-0.25, -0.2) is 13.4 Å². The number of rotatable bonds is 8. The molecule has 1 aromatic carbocycles. The maximum atomic E-state index is 12.8. The standard InChI is InChI=1S/C20H30N4O3S/c1-4-23(5-2)28(26,27)16-9-10-18-17(15-16)21-19(24(18)6-3)11-12-20(25)22-13-7-8-14-22/h9-10,15H,4-8,11-14H2,1-3H3. The van der Waals surface area contributed by atoms with E-state index in [1.54, 1.807) is 12.1 Å². The quantitative estimate of drug-likeness (QED) is 0.675. The Morgan fingerprint density at radius 3 is 2.43 bits per heavy atom. The summed E-state index contributed by atoms with van der Waals surface area (Å²) in [6.07, 6.45) is 3.18. The highest BCUT2D eigenvalue weighted by molar-refractivity contribution is 7.89. The maximum Gasteiger partial charge on any atom is 0.243 e. The fourth-order valence-corrected chi connectivity index (χ4v) is 5.40. The smallest absolute Gasteiger partial charge is 0.243 e. The van der Waals surface area contributed by atoms with Crippen molar-refractivity contribution >= 4 is 27.0 Å². The molecule has 2 aromatic rings. The van der Waals surface area contributed by atoms with Gasteiger partial charge in [0.05, 0.1) is 15.9 Å². The van der Waals surface area contributed by atoms with Crippen molar-refractivity contribution in [3.05, 3.63) is 24.0 Å². The van der Waals surface area contributed by atoms with Crippen LogP contribution in [0, 0.1) is 0 Å². The third kappa shape index (κ3) is 3.93. The molecular weight excluding hydrogens is 376 g/mol. The molecule has 1 aromatic heterocycles. The molecule has 1 aliphatic rings. The SMILES string of the molecule is CCN(CC)S(=O)(=O)c1ccc2c(c1)nc(CCC(=O)N1CCCC1)n2CC. The lowest BCUT2D eigenvalue weighted by Crippen LogP contribution is -2.30. The van der Waals surface area contributed by atoms with Crippen LogP contribution in [-0.2, 0) is 27.8 Å². The Hall–Kier alpha value is -1.93. The van der Waals surface area contributed by atoms with E-state index in [1.807, 2.05) is 31.7 Å². The van der Waals surface area contributed by atoms with Crippen molar-refractivity contribution in [2.75, 3.05) is 26.2 Å². The third-order valence-electron chi connectivity index (χ3n) is 5.48. The number of hydrogen-bond donors (Lipinski definition) is 0. The summed E-state index contributed by atoms with van der Waals surface area (Å²) in [7, 11) is -3.52. The Labute approximate surface area is 167 Å². The van der Waals surface area contributed by atoms with E-state index < -0.39 is 10.0 Å². The Bertz CT molecular complexity index is 942. The summed E-state index contributed by atoms with van der Waals surface area (Å²) >= 11 is 0. The van der Waals surface area contributed by atoms with Gasteiger partial charge in [-0.1, -0.05) is 13.8 Å². The lowest BCUT2D eigenvalue weighted by Gasteiger charge is -2.18. The van der Waals surface area contributed by atoms with Crippen LogP contribution < -0.4 is 0 Å². The Kier molecular flexibility index (Phi) is 6.40. The topological polar surface area (TPSA) is 75.5 Å². The molecule has 7 nitrogen and oxygen atoms in total. The first-order chi connectivity index (χ1) is 13.4. The molecule has 1 saturated heterocycles. The number of sulfonamides is 1. The van der Waals surface area contributed by atoms with E-state index >= 15 is 0 Å². The zero-order valence-corrected chi connectivity index (χ0v) is 17.8. The van der Waals surface area contributed by atoms with Gasteiger partial charge >= 0.3 is 0 Å². The van der Waals surface area contributed by atoms with Gasteiger partial charge in [0.1, 0.15) is 5.82 Å². The Morgan fingerprint density at radius 1 is 1.14 bits per heavy atom. The second-order valence-corrected chi connectivity index (χ2v) is 9.04. The minimum Gasteiger partial charge on any atom is -0.343 e. The van der Waals surface area contributed by atoms with Gasteiger partial charge in [0, 0.05) is 45.6 Å². The maximum absolute atomic E-state index is 12.8. The highest BCUT2D eigenvalue weighted by Gasteiger charge is 2.23. The number of fused-ring (bicyclic) bond motifs is 1. The molecule has 154 valence electrons. The number of carbonyl (C=O) groups excluding carboxylic acids is 1. The van der Waals surface area contributed by atoms with Crippen molar-refractivity contribution in [3.63, 3.8) is 0 Å². The van der Waals surface area contributed by atoms with Crippen LogP contribution in [0.5, 0.6) is 0 Å². The molecule has 1 amide bonds. The fourth-order valence-electron chi connectivity index (χ4n) is 3.92. The van der Waals surface area contributed by atoms with Crippen LogP contribution in [0.25, 0.3) is 11.0 Å². The molecule has 28 heavy (non-hydrogen) atoms. The van der Waals surface area contributed by atoms with Crippen molar-refractivity contribution in [3.8, 4) is 0 Å². The van der Waals surface area contributed by atoms with Gasteiger partial charge in [0.2, 0.25) is 15.9 Å². The average Bonchev–Trinajstić information content (AvgIpc) is 3.33. The van der Waals surface area contributed by atoms with Gasteiger partial charge in [0.25, 0.3) is 0 Å². The summed E-state index contributed by atoms with van der Waals surface area (Å²) in [5.41, 5.74) is 1.57. The van der Waals surface area contributed by atoms with Gasteiger partial charge in [0.15, 0.2) is 0 Å². The molecule has 0 atom stereocenters. The van der Waals surface area contributed by atoms with E-state index in [1.165, 1.54) is 4.31 Å². The summed E-state index contributed by atoms with van der Waals surface area (Å²) in [6.45, 7) is 9.01. The van der Waals surface area contributed by atoms with Crippen molar-refractivity contribution < 1.29 is 13.2 Å². The van der Waals surface area contributed by atoms with Crippen molar-refractivity contribution in [2.24, 2.45) is 0 Å². The van der Waals surface area contributed by atoms with E-state index in [0.717, 1.165) is 43.8 Å². The largest absolute Gasteiger partial charge is 0.343 e. The zero-order chi connectivity index (χ0) is 20.3. The van der Waals surface area contributed by atoms with Gasteiger partial charge < -0.3 is 9.47 Å². The summed E-state index contributed by atoms with van der Waals surface area (Å²) in [6, 6.07) is 5.14. The normalized spacial score (nSPS) is 15.1. The molecule has 0 bridgehead atoms. The number of aryl methyl sites for hydroxylation is 2. The minimum atomic E-state index is -3.52. The molecule has 2 heterocycles. The molecule has 0 aliphatic carbocycles. The molecule has 1 fully saturated rings. The molecular formula is C20H30N4O3S. The minimum absolute atomic E-state index is 0.178. The van der Waals surface area contributed by atoms with E-state index in [-0.39, 0.29) is 10.8 Å². The van der Waals surface area contributed by atoms with Crippen molar-refractivity contribution in [1.82, 2.24) is 18.8 Å². The van der Waals surface area contributed by atoms with E-state index in [4.69, 9.17) is 0 Å². The van der Waals surface area contributed by atoms with Crippen LogP contribution >= 0.6 is 0 Å². The Morgan fingerprint density at radius 2 is 1.82 bits per heavy atom. The summed E-state index contributed by atoms with van der Waals surface area (Å²) in [4.78, 5) is 19.2. The van der Waals surface area contributed by atoms with Gasteiger partial charge in [-0.05, 0) is 38.0 Å². The van der Waals surface area contributed by atoms with Crippen LogP contribution in [0.15, 0.2) is 23.1 Å². The number of imidazole rings is 1.